The molecule has 0 saturated heterocycles. The first-order valence-electron chi connectivity index (χ1n) is 10.3. The molecule has 1 saturated carbocycles. The lowest BCUT2D eigenvalue weighted by atomic mass is 9.91. The van der Waals surface area contributed by atoms with Crippen molar-refractivity contribution >= 4 is 21.8 Å². The molecule has 1 aromatic carbocycles. The molecule has 26 heavy (non-hydrogen) atoms. The quantitative estimate of drug-likeness (QED) is 0.507. The standard InChI is InChI=1S/C22H33BrN2O/c1-3-5-8-21-24-22(11-6-7-12-22)13-14-25(21)16-18-9-10-20(23)19(15-18)17-26-4-2/h9-10,15H,3-8,11-14,16-17H2,1-2H3. The van der Waals surface area contributed by atoms with Gasteiger partial charge in [-0.15, -0.1) is 0 Å². The van der Waals surface area contributed by atoms with E-state index in [-0.39, 0.29) is 5.54 Å². The predicted molar refractivity (Wildman–Crippen MR) is 113 cm³/mol. The Bertz CT molecular complexity index is 623. The number of hydrogen-bond donors (Lipinski definition) is 0. The summed E-state index contributed by atoms with van der Waals surface area (Å²) in [6.07, 6.45) is 10.1. The summed E-state index contributed by atoms with van der Waals surface area (Å²) in [5, 5.41) is 0. The summed E-state index contributed by atoms with van der Waals surface area (Å²) < 4.78 is 6.75. The molecule has 4 heteroatoms. The van der Waals surface area contributed by atoms with Crippen LogP contribution in [0.25, 0.3) is 0 Å². The molecule has 3 rings (SSSR count). The molecule has 0 N–H and O–H groups in total. The van der Waals surface area contributed by atoms with E-state index >= 15 is 0 Å². The van der Waals surface area contributed by atoms with E-state index in [4.69, 9.17) is 9.73 Å². The topological polar surface area (TPSA) is 24.8 Å². The molecule has 0 amide bonds. The Hall–Kier alpha value is -0.870. The number of benzene rings is 1. The average Bonchev–Trinajstić information content (AvgIpc) is 3.10. The molecule has 0 atom stereocenters. The average molecular weight is 421 g/mol. The van der Waals surface area contributed by atoms with Crippen molar-refractivity contribution in [2.45, 2.75) is 83.9 Å². The number of nitrogens with zero attached hydrogens (tertiary/aromatic N) is 2. The third-order valence-electron chi connectivity index (χ3n) is 5.81. The summed E-state index contributed by atoms with van der Waals surface area (Å²) in [6.45, 7) is 7.85. The number of ether oxygens (including phenoxy) is 1. The van der Waals surface area contributed by atoms with Gasteiger partial charge in [-0.3, -0.25) is 4.99 Å². The van der Waals surface area contributed by atoms with E-state index in [1.807, 2.05) is 6.92 Å². The van der Waals surface area contributed by atoms with E-state index in [1.54, 1.807) is 0 Å². The highest BCUT2D eigenvalue weighted by Crippen LogP contribution is 2.39. The maximum Gasteiger partial charge on any atom is 0.0998 e. The van der Waals surface area contributed by atoms with E-state index in [9.17, 15) is 0 Å². The maximum absolute atomic E-state index is 5.62. The lowest BCUT2D eigenvalue weighted by molar-refractivity contribution is 0.133. The molecule has 1 aromatic rings. The van der Waals surface area contributed by atoms with E-state index in [0.29, 0.717) is 6.61 Å². The molecule has 1 spiro atoms. The first-order valence-corrected chi connectivity index (χ1v) is 11.1. The molecule has 0 bridgehead atoms. The van der Waals surface area contributed by atoms with Gasteiger partial charge in [0.2, 0.25) is 0 Å². The van der Waals surface area contributed by atoms with Gasteiger partial charge in [0.1, 0.15) is 0 Å². The zero-order valence-electron chi connectivity index (χ0n) is 16.4. The van der Waals surface area contributed by atoms with Crippen LogP contribution in [0.15, 0.2) is 27.7 Å². The van der Waals surface area contributed by atoms with Crippen LogP contribution >= 0.6 is 15.9 Å². The van der Waals surface area contributed by atoms with Crippen molar-refractivity contribution in [1.29, 1.82) is 0 Å². The van der Waals surface area contributed by atoms with E-state index in [1.165, 1.54) is 61.9 Å². The highest BCUT2D eigenvalue weighted by molar-refractivity contribution is 9.10. The normalized spacial score (nSPS) is 19.2. The molecular weight excluding hydrogens is 388 g/mol. The van der Waals surface area contributed by atoms with E-state index in [2.05, 4.69) is 46.0 Å². The van der Waals surface area contributed by atoms with Gasteiger partial charge in [-0.05, 0) is 49.8 Å². The second-order valence-corrected chi connectivity index (χ2v) is 8.65. The molecule has 0 aromatic heterocycles. The second kappa shape index (κ2) is 9.36. The zero-order chi connectivity index (χ0) is 18.4. The van der Waals surface area contributed by atoms with Crippen LogP contribution in [-0.2, 0) is 17.9 Å². The van der Waals surface area contributed by atoms with Crippen LogP contribution in [0.2, 0.25) is 0 Å². The van der Waals surface area contributed by atoms with Gasteiger partial charge >= 0.3 is 0 Å². The summed E-state index contributed by atoms with van der Waals surface area (Å²) in [5.74, 6) is 1.36. The summed E-state index contributed by atoms with van der Waals surface area (Å²) in [6, 6.07) is 6.68. The molecule has 1 aliphatic carbocycles. The van der Waals surface area contributed by atoms with Crippen molar-refractivity contribution in [2.75, 3.05) is 13.2 Å². The number of rotatable bonds is 8. The summed E-state index contributed by atoms with van der Waals surface area (Å²) in [7, 11) is 0. The van der Waals surface area contributed by atoms with Crippen molar-refractivity contribution < 1.29 is 4.74 Å². The molecule has 2 aliphatic rings. The van der Waals surface area contributed by atoms with Crippen LogP contribution in [0.4, 0.5) is 0 Å². The van der Waals surface area contributed by atoms with Crippen LogP contribution in [0, 0.1) is 0 Å². The van der Waals surface area contributed by atoms with Gasteiger partial charge in [0.05, 0.1) is 18.0 Å². The summed E-state index contributed by atoms with van der Waals surface area (Å²) in [5.41, 5.74) is 2.87. The van der Waals surface area contributed by atoms with Gasteiger partial charge in [0.25, 0.3) is 0 Å². The number of hydrogen-bond acceptors (Lipinski definition) is 3. The van der Waals surface area contributed by atoms with Crippen molar-refractivity contribution in [3.05, 3.63) is 33.8 Å². The fourth-order valence-corrected chi connectivity index (χ4v) is 4.62. The minimum Gasteiger partial charge on any atom is -0.377 e. The number of halogens is 1. The first kappa shape index (κ1) is 19.9. The fraction of sp³-hybridized carbons (Fsp3) is 0.682. The molecule has 1 fully saturated rings. The van der Waals surface area contributed by atoms with Gasteiger partial charge < -0.3 is 9.64 Å². The van der Waals surface area contributed by atoms with Crippen LogP contribution < -0.4 is 0 Å². The maximum atomic E-state index is 5.62. The molecule has 0 unspecified atom stereocenters. The van der Waals surface area contributed by atoms with Crippen molar-refractivity contribution in [3.8, 4) is 0 Å². The van der Waals surface area contributed by atoms with Crippen molar-refractivity contribution in [2.24, 2.45) is 4.99 Å². The predicted octanol–water partition coefficient (Wildman–Crippen LogP) is 6.09. The first-order chi connectivity index (χ1) is 12.7. The monoisotopic (exact) mass is 420 g/mol. The van der Waals surface area contributed by atoms with E-state index in [0.717, 1.165) is 30.6 Å². The van der Waals surface area contributed by atoms with Crippen molar-refractivity contribution in [3.63, 3.8) is 0 Å². The second-order valence-electron chi connectivity index (χ2n) is 7.80. The van der Waals surface area contributed by atoms with Gasteiger partial charge in [-0.2, -0.15) is 0 Å². The molecule has 0 radical (unpaired) electrons. The molecular formula is C22H33BrN2O. The minimum absolute atomic E-state index is 0.277. The van der Waals surface area contributed by atoms with Gasteiger partial charge in [-0.1, -0.05) is 54.2 Å². The highest BCUT2D eigenvalue weighted by Gasteiger charge is 2.37. The lowest BCUT2D eigenvalue weighted by Crippen LogP contribution is -2.43. The molecule has 144 valence electrons. The van der Waals surface area contributed by atoms with Crippen LogP contribution in [0.3, 0.4) is 0 Å². The van der Waals surface area contributed by atoms with Gasteiger partial charge in [0.15, 0.2) is 0 Å². The highest BCUT2D eigenvalue weighted by atomic mass is 79.9. The Morgan fingerprint density at radius 3 is 2.73 bits per heavy atom. The molecule has 1 aliphatic heterocycles. The Kier molecular flexibility index (Phi) is 7.16. The Balaban J connectivity index is 1.75. The van der Waals surface area contributed by atoms with Gasteiger partial charge in [0, 0.05) is 30.6 Å². The zero-order valence-corrected chi connectivity index (χ0v) is 18.0. The molecule has 3 nitrogen and oxygen atoms in total. The van der Waals surface area contributed by atoms with Crippen LogP contribution in [0.5, 0.6) is 0 Å². The third kappa shape index (κ3) is 4.89. The lowest BCUT2D eigenvalue weighted by Gasteiger charge is -2.38. The number of amidine groups is 1. The van der Waals surface area contributed by atoms with Crippen molar-refractivity contribution in [1.82, 2.24) is 4.90 Å². The van der Waals surface area contributed by atoms with E-state index < -0.39 is 0 Å². The Morgan fingerprint density at radius 2 is 2.00 bits per heavy atom. The third-order valence-corrected chi connectivity index (χ3v) is 6.59. The number of aliphatic imine (C=N–C) groups is 1. The Labute approximate surface area is 167 Å². The van der Waals surface area contributed by atoms with Crippen LogP contribution in [0.1, 0.15) is 76.3 Å². The molecule has 1 heterocycles. The number of unbranched alkanes of at least 4 members (excludes halogenated alkanes) is 1. The summed E-state index contributed by atoms with van der Waals surface area (Å²) in [4.78, 5) is 7.86. The van der Waals surface area contributed by atoms with Gasteiger partial charge in [-0.25, -0.2) is 0 Å². The SMILES string of the molecule is CCCCC1=NC2(CCCC2)CCN1Cc1ccc(Br)c(COCC)c1. The summed E-state index contributed by atoms with van der Waals surface area (Å²) >= 11 is 3.66. The van der Waals surface area contributed by atoms with Crippen LogP contribution in [-0.4, -0.2) is 29.4 Å². The smallest absolute Gasteiger partial charge is 0.0998 e. The largest absolute Gasteiger partial charge is 0.377 e. The minimum atomic E-state index is 0.277. The fourth-order valence-electron chi connectivity index (χ4n) is 4.26. The Morgan fingerprint density at radius 1 is 1.19 bits per heavy atom.